The lowest BCUT2D eigenvalue weighted by Gasteiger charge is -2.60. The van der Waals surface area contributed by atoms with Crippen LogP contribution in [0.5, 0.6) is 5.75 Å². The van der Waals surface area contributed by atoms with Gasteiger partial charge in [0, 0.05) is 78.7 Å². The van der Waals surface area contributed by atoms with E-state index in [4.69, 9.17) is 32.9 Å². The zero-order valence-electron chi connectivity index (χ0n) is 30.8. The number of amides is 6. The van der Waals surface area contributed by atoms with Crippen molar-refractivity contribution in [3.63, 3.8) is 0 Å². The number of hydrogen-bond donors (Lipinski definition) is 3. The van der Waals surface area contributed by atoms with Crippen LogP contribution < -0.4 is 20.3 Å². The van der Waals surface area contributed by atoms with Crippen LogP contribution in [0.15, 0.2) is 67.1 Å². The Morgan fingerprint density at radius 2 is 1.81 bits per heavy atom. The smallest absolute Gasteiger partial charge is 0.318 e. The van der Waals surface area contributed by atoms with Gasteiger partial charge in [0.2, 0.25) is 11.8 Å². The van der Waals surface area contributed by atoms with Gasteiger partial charge in [-0.05, 0) is 55.8 Å². The predicted octanol–water partition coefficient (Wildman–Crippen LogP) is 4.75. The first-order chi connectivity index (χ1) is 28.0. The molecule has 4 aliphatic heterocycles. The van der Waals surface area contributed by atoms with E-state index in [1.807, 2.05) is 37.3 Å². The third-order valence-electron chi connectivity index (χ3n) is 10.9. The number of nitrogens with one attached hydrogen (secondary N) is 3. The van der Waals surface area contributed by atoms with Crippen LogP contribution in [0.2, 0.25) is 10.0 Å². The number of benzene rings is 2. The molecule has 3 N–H and O–H groups in total. The van der Waals surface area contributed by atoms with Gasteiger partial charge in [-0.2, -0.15) is 5.10 Å². The lowest BCUT2D eigenvalue weighted by atomic mass is 9.73. The number of rotatable bonds is 7. The number of piperidine rings is 1. The zero-order valence-corrected chi connectivity index (χ0v) is 32.4. The molecule has 2 atom stereocenters. The van der Waals surface area contributed by atoms with Crippen molar-refractivity contribution < 1.29 is 28.7 Å². The van der Waals surface area contributed by atoms with Crippen molar-refractivity contribution in [1.82, 2.24) is 40.6 Å². The van der Waals surface area contributed by atoms with E-state index in [0.29, 0.717) is 40.0 Å². The summed E-state index contributed by atoms with van der Waals surface area (Å²) < 4.78 is 6.21. The van der Waals surface area contributed by atoms with Crippen LogP contribution in [0.25, 0.3) is 22.2 Å². The van der Waals surface area contributed by atoms with Crippen LogP contribution in [0.4, 0.5) is 10.6 Å². The first-order valence-electron chi connectivity index (χ1n) is 18.5. The zero-order chi connectivity index (χ0) is 40.3. The van der Waals surface area contributed by atoms with Crippen molar-refractivity contribution in [2.75, 3.05) is 37.6 Å². The molecule has 5 aromatic rings. The van der Waals surface area contributed by atoms with Crippen molar-refractivity contribution >= 4 is 69.6 Å². The number of likely N-dealkylation sites (tertiary alicyclic amines) is 1. The summed E-state index contributed by atoms with van der Waals surface area (Å²) in [5.74, 6) is 4.89. The summed E-state index contributed by atoms with van der Waals surface area (Å²) in [6.45, 7) is 4.63. The fourth-order valence-electron chi connectivity index (χ4n) is 8.10. The number of halogens is 2. The van der Waals surface area contributed by atoms with Crippen LogP contribution in [-0.4, -0.2) is 98.4 Å². The van der Waals surface area contributed by atoms with Gasteiger partial charge in [0.1, 0.15) is 29.4 Å². The average molecular weight is 819 g/mol. The van der Waals surface area contributed by atoms with E-state index in [1.165, 1.54) is 18.5 Å². The number of imide groups is 2. The SMILES string of the molecule is C[C@@H](Oc1ccc2[nH]nc(-c3ccc(N4CC5(CN(C(=O)NCC#Cc6cccc7c6C(=O)N(C6CCC(=O)NC6=O)C7=O)C5)C4)nc3)c2c1)c1c(Cl)cncc1Cl. The van der Waals surface area contributed by atoms with Gasteiger partial charge in [0.15, 0.2) is 0 Å². The van der Waals surface area contributed by atoms with E-state index in [9.17, 15) is 24.0 Å². The molecule has 7 heterocycles. The fraction of sp³-hybridized carbons (Fsp3) is 0.268. The number of nitrogens with zero attached hydrogens (tertiary/aromatic N) is 6. The normalized spacial score (nSPS) is 18.6. The molecule has 17 heteroatoms. The van der Waals surface area contributed by atoms with Crippen LogP contribution >= 0.6 is 23.2 Å². The van der Waals surface area contributed by atoms with Crippen molar-refractivity contribution in [3.8, 4) is 28.8 Å². The Balaban J connectivity index is 0.771. The minimum atomic E-state index is -1.06. The number of carbonyl (C=O) groups excluding carboxylic acids is 5. The number of aromatic nitrogens is 4. The van der Waals surface area contributed by atoms with Gasteiger partial charge in [-0.3, -0.25) is 39.5 Å². The molecule has 1 spiro atoms. The summed E-state index contributed by atoms with van der Waals surface area (Å²) >= 11 is 12.7. The van der Waals surface area contributed by atoms with Crippen molar-refractivity contribution in [2.24, 2.45) is 5.41 Å². The first-order valence-corrected chi connectivity index (χ1v) is 19.3. The number of aromatic amines is 1. The molecule has 2 aromatic carbocycles. The van der Waals surface area contributed by atoms with Gasteiger partial charge < -0.3 is 19.9 Å². The molecule has 6 amide bonds. The molecule has 0 aliphatic carbocycles. The molecule has 0 radical (unpaired) electrons. The number of urea groups is 1. The molecule has 0 saturated carbocycles. The van der Waals surface area contributed by atoms with Gasteiger partial charge in [-0.15, -0.1) is 0 Å². The van der Waals surface area contributed by atoms with E-state index in [2.05, 4.69) is 42.6 Å². The van der Waals surface area contributed by atoms with Crippen LogP contribution in [0, 0.1) is 17.3 Å². The summed E-state index contributed by atoms with van der Waals surface area (Å²) in [5, 5.41) is 14.4. The summed E-state index contributed by atoms with van der Waals surface area (Å²) in [6, 6.07) is 13.1. The maximum Gasteiger partial charge on any atom is 0.318 e. The molecule has 3 aromatic heterocycles. The summed E-state index contributed by atoms with van der Waals surface area (Å²) in [7, 11) is 0. The van der Waals surface area contributed by atoms with E-state index >= 15 is 0 Å². The van der Waals surface area contributed by atoms with Crippen molar-refractivity contribution in [1.29, 1.82) is 0 Å². The Labute approximate surface area is 341 Å². The second-order valence-electron chi connectivity index (χ2n) is 14.8. The summed E-state index contributed by atoms with van der Waals surface area (Å²) in [4.78, 5) is 76.9. The highest BCUT2D eigenvalue weighted by atomic mass is 35.5. The maximum atomic E-state index is 13.3. The summed E-state index contributed by atoms with van der Waals surface area (Å²) in [5.41, 5.74) is 3.67. The molecule has 15 nitrogen and oxygen atoms in total. The van der Waals surface area contributed by atoms with E-state index < -0.39 is 35.8 Å². The lowest BCUT2D eigenvalue weighted by Crippen LogP contribution is -2.74. The standard InChI is InChI=1S/C41H33Cl2N9O6/c1-22(34-28(42)16-44-17-29(34)43)58-25-8-9-30-27(14-25)36(49-48-30)24-7-11-32(46-15-24)50-18-41(19-50)20-51(21-41)40(57)45-13-3-5-23-4-2-6-26-35(23)39(56)52(38(26)55)31-10-12-33(53)47-37(31)54/h2,4,6-9,11,14-17,22,31H,10,12-13,18-21H2,1H3,(H,45,57)(H,48,49)(H,47,53,54)/t22-,31?/m1/s1. The van der Waals surface area contributed by atoms with Crippen LogP contribution in [0.1, 0.15) is 57.7 Å². The van der Waals surface area contributed by atoms with Gasteiger partial charge in [-0.25, -0.2) is 9.78 Å². The van der Waals surface area contributed by atoms with E-state index in [1.54, 1.807) is 23.2 Å². The first kappa shape index (κ1) is 37.1. The van der Waals surface area contributed by atoms with Gasteiger partial charge >= 0.3 is 6.03 Å². The van der Waals surface area contributed by atoms with Gasteiger partial charge in [0.25, 0.3) is 11.8 Å². The fourth-order valence-corrected chi connectivity index (χ4v) is 8.77. The highest BCUT2D eigenvalue weighted by Crippen LogP contribution is 2.42. The largest absolute Gasteiger partial charge is 0.486 e. The monoisotopic (exact) mass is 817 g/mol. The summed E-state index contributed by atoms with van der Waals surface area (Å²) in [6.07, 6.45) is 4.56. The predicted molar refractivity (Wildman–Crippen MR) is 212 cm³/mol. The number of pyridine rings is 2. The minimum Gasteiger partial charge on any atom is -0.486 e. The topological polar surface area (TPSA) is 183 Å². The highest BCUT2D eigenvalue weighted by Gasteiger charge is 2.53. The average Bonchev–Trinajstić information content (AvgIpc) is 3.70. The molecule has 9 rings (SSSR count). The second-order valence-corrected chi connectivity index (χ2v) is 15.6. The van der Waals surface area contributed by atoms with E-state index in [-0.39, 0.29) is 42.0 Å². The molecule has 0 bridgehead atoms. The molecular formula is C41H33Cl2N9O6. The Kier molecular flexibility index (Phi) is 9.25. The van der Waals surface area contributed by atoms with Crippen LogP contribution in [0.3, 0.4) is 0 Å². The molecule has 3 fully saturated rings. The highest BCUT2D eigenvalue weighted by molar-refractivity contribution is 6.35. The van der Waals surface area contributed by atoms with Gasteiger partial charge in [0.05, 0.1) is 33.2 Å². The Morgan fingerprint density at radius 1 is 1.02 bits per heavy atom. The molecule has 1 unspecified atom stereocenters. The quantitative estimate of drug-likeness (QED) is 0.153. The third-order valence-corrected chi connectivity index (χ3v) is 11.5. The number of fused-ring (bicyclic) bond motifs is 2. The number of anilines is 1. The second kappa shape index (κ2) is 14.5. The lowest BCUT2D eigenvalue weighted by molar-refractivity contribution is -0.136. The minimum absolute atomic E-state index is 0.00802. The van der Waals surface area contributed by atoms with E-state index in [0.717, 1.165) is 46.0 Å². The van der Waals surface area contributed by atoms with Crippen LogP contribution in [-0.2, 0) is 9.59 Å². The van der Waals surface area contributed by atoms with Crippen molar-refractivity contribution in [2.45, 2.75) is 31.9 Å². The number of H-pyrrole nitrogens is 1. The molecular weight excluding hydrogens is 785 g/mol. The Morgan fingerprint density at radius 3 is 2.55 bits per heavy atom. The molecule has 58 heavy (non-hydrogen) atoms. The molecule has 292 valence electrons. The number of hydrogen-bond acceptors (Lipinski definition) is 10. The Hall–Kier alpha value is -6.50. The molecule has 3 saturated heterocycles. The number of ether oxygens (including phenoxy) is 1. The maximum absolute atomic E-state index is 13.3. The molecule has 4 aliphatic rings. The Bertz CT molecular complexity index is 2600. The third kappa shape index (κ3) is 6.53. The van der Waals surface area contributed by atoms with Gasteiger partial charge in [-0.1, -0.05) is 41.1 Å². The van der Waals surface area contributed by atoms with Crippen molar-refractivity contribution in [3.05, 3.63) is 99.4 Å². The number of carbonyl (C=O) groups is 5.